The summed E-state index contributed by atoms with van der Waals surface area (Å²) in [5.74, 6) is 2.26. The first-order chi connectivity index (χ1) is 14.0. The van der Waals surface area contributed by atoms with E-state index in [4.69, 9.17) is 23.7 Å². The molecule has 0 aliphatic carbocycles. The van der Waals surface area contributed by atoms with E-state index in [1.165, 1.54) is 13.2 Å². The lowest BCUT2D eigenvalue weighted by Gasteiger charge is -2.21. The monoisotopic (exact) mass is 402 g/mol. The topological polar surface area (TPSA) is 72.5 Å². The van der Waals surface area contributed by atoms with Crippen molar-refractivity contribution in [1.29, 1.82) is 0 Å². The highest BCUT2D eigenvalue weighted by atomic mass is 16.5. The number of benzene rings is 2. The maximum atomic E-state index is 11.2. The molecule has 0 fully saturated rings. The van der Waals surface area contributed by atoms with Gasteiger partial charge in [-0.25, -0.2) is 4.79 Å². The van der Waals surface area contributed by atoms with Crippen molar-refractivity contribution in [3.8, 4) is 28.7 Å². The van der Waals surface area contributed by atoms with Crippen LogP contribution < -0.4 is 23.7 Å². The van der Waals surface area contributed by atoms with Crippen LogP contribution in [0.3, 0.4) is 0 Å². The molecule has 0 saturated carbocycles. The third-order valence-corrected chi connectivity index (χ3v) is 4.38. The minimum Gasteiger partial charge on any atom is -0.492 e. The maximum absolute atomic E-state index is 11.2. The molecule has 7 nitrogen and oxygen atoms in total. The van der Waals surface area contributed by atoms with Gasteiger partial charge in [-0.15, -0.1) is 0 Å². The van der Waals surface area contributed by atoms with E-state index >= 15 is 0 Å². The number of ether oxygens (including phenoxy) is 6. The van der Waals surface area contributed by atoms with Crippen molar-refractivity contribution in [2.24, 2.45) is 0 Å². The van der Waals surface area contributed by atoms with Crippen LogP contribution in [-0.2, 0) is 16.1 Å². The molecule has 2 aromatic rings. The zero-order valence-corrected chi connectivity index (χ0v) is 17.5. The third kappa shape index (κ3) is 4.93. The normalized spacial score (nSPS) is 10.6. The fourth-order valence-corrected chi connectivity index (χ4v) is 2.89. The summed E-state index contributed by atoms with van der Waals surface area (Å²) in [7, 11) is 7.56. The molecular formula is C22H26O7. The molecule has 29 heavy (non-hydrogen) atoms. The lowest BCUT2D eigenvalue weighted by Crippen LogP contribution is -2.07. The molecule has 2 aromatic carbocycles. The van der Waals surface area contributed by atoms with Crippen molar-refractivity contribution >= 4 is 12.0 Å². The van der Waals surface area contributed by atoms with Crippen LogP contribution in [0.25, 0.3) is 6.08 Å². The SMILES string of the molecule is COC(=O)C=Cc1ccc(OCc2c(C)c(OC)c(OC)c(OC)c2OC)cc1. The zero-order chi connectivity index (χ0) is 21.4. The second kappa shape index (κ2) is 10.3. The summed E-state index contributed by atoms with van der Waals surface area (Å²) in [5, 5.41) is 0. The van der Waals surface area contributed by atoms with Gasteiger partial charge in [0.15, 0.2) is 11.5 Å². The Bertz CT molecular complexity index is 870. The number of carbonyl (C=O) groups is 1. The Labute approximate surface area is 170 Å². The van der Waals surface area contributed by atoms with E-state index in [0.717, 1.165) is 16.7 Å². The lowest BCUT2D eigenvalue weighted by atomic mass is 10.0. The lowest BCUT2D eigenvalue weighted by molar-refractivity contribution is -0.134. The van der Waals surface area contributed by atoms with Gasteiger partial charge < -0.3 is 28.4 Å². The Morgan fingerprint density at radius 1 is 0.828 bits per heavy atom. The molecule has 0 bridgehead atoms. The third-order valence-electron chi connectivity index (χ3n) is 4.38. The summed E-state index contributed by atoms with van der Waals surface area (Å²) in [6.45, 7) is 2.14. The smallest absolute Gasteiger partial charge is 0.330 e. The molecular weight excluding hydrogens is 376 g/mol. The van der Waals surface area contributed by atoms with Crippen LogP contribution >= 0.6 is 0 Å². The Balaban J connectivity index is 2.28. The maximum Gasteiger partial charge on any atom is 0.330 e. The van der Waals surface area contributed by atoms with E-state index in [2.05, 4.69) is 4.74 Å². The molecule has 0 aromatic heterocycles. The molecule has 0 N–H and O–H groups in total. The molecule has 7 heteroatoms. The van der Waals surface area contributed by atoms with Crippen LogP contribution in [0, 0.1) is 6.92 Å². The van der Waals surface area contributed by atoms with Crippen LogP contribution in [0.5, 0.6) is 28.7 Å². The Kier molecular flexibility index (Phi) is 7.77. The van der Waals surface area contributed by atoms with E-state index in [-0.39, 0.29) is 6.61 Å². The van der Waals surface area contributed by atoms with Crippen LogP contribution in [0.15, 0.2) is 30.3 Å². The van der Waals surface area contributed by atoms with Crippen LogP contribution in [0.2, 0.25) is 0 Å². The molecule has 0 amide bonds. The highest BCUT2D eigenvalue weighted by Crippen LogP contribution is 2.49. The molecule has 0 saturated heterocycles. The number of hydrogen-bond acceptors (Lipinski definition) is 7. The minimum absolute atomic E-state index is 0.239. The number of methoxy groups -OCH3 is 5. The van der Waals surface area contributed by atoms with Gasteiger partial charge in [0.2, 0.25) is 11.5 Å². The molecule has 0 radical (unpaired) electrons. The van der Waals surface area contributed by atoms with Gasteiger partial charge in [0, 0.05) is 17.2 Å². The molecule has 0 aliphatic rings. The molecule has 0 aliphatic heterocycles. The first-order valence-electron chi connectivity index (χ1n) is 8.84. The Morgan fingerprint density at radius 2 is 1.38 bits per heavy atom. The second-order valence-electron chi connectivity index (χ2n) is 5.95. The molecule has 156 valence electrons. The summed E-state index contributed by atoms with van der Waals surface area (Å²) in [6, 6.07) is 7.32. The largest absolute Gasteiger partial charge is 0.492 e. The second-order valence-corrected chi connectivity index (χ2v) is 5.95. The van der Waals surface area contributed by atoms with Gasteiger partial charge in [0.25, 0.3) is 0 Å². The molecule has 0 atom stereocenters. The van der Waals surface area contributed by atoms with Crippen LogP contribution in [0.1, 0.15) is 16.7 Å². The Morgan fingerprint density at radius 3 is 1.90 bits per heavy atom. The fourth-order valence-electron chi connectivity index (χ4n) is 2.89. The van der Waals surface area contributed by atoms with Crippen LogP contribution in [0.4, 0.5) is 0 Å². The summed E-state index contributed by atoms with van der Waals surface area (Å²) >= 11 is 0. The highest BCUT2D eigenvalue weighted by Gasteiger charge is 2.25. The molecule has 0 unspecified atom stereocenters. The van der Waals surface area contributed by atoms with Gasteiger partial charge in [-0.2, -0.15) is 0 Å². The van der Waals surface area contributed by atoms with Gasteiger partial charge in [-0.3, -0.25) is 0 Å². The fraction of sp³-hybridized carbons (Fsp3) is 0.318. The minimum atomic E-state index is -0.407. The van der Waals surface area contributed by atoms with Crippen molar-refractivity contribution in [2.75, 3.05) is 35.5 Å². The zero-order valence-electron chi connectivity index (χ0n) is 17.5. The predicted molar refractivity (Wildman–Crippen MR) is 109 cm³/mol. The Hall–Kier alpha value is -3.35. The van der Waals surface area contributed by atoms with Crippen molar-refractivity contribution < 1.29 is 33.2 Å². The number of hydrogen-bond donors (Lipinski definition) is 0. The van der Waals surface area contributed by atoms with E-state index in [1.54, 1.807) is 34.5 Å². The molecule has 2 rings (SSSR count). The van der Waals surface area contributed by atoms with Crippen molar-refractivity contribution in [3.63, 3.8) is 0 Å². The summed E-state index contributed by atoms with van der Waals surface area (Å²) in [5.41, 5.74) is 2.47. The van der Waals surface area contributed by atoms with E-state index in [0.29, 0.717) is 28.7 Å². The quantitative estimate of drug-likeness (QED) is 0.467. The van der Waals surface area contributed by atoms with Crippen molar-refractivity contribution in [1.82, 2.24) is 0 Å². The van der Waals surface area contributed by atoms with Gasteiger partial charge in [-0.1, -0.05) is 12.1 Å². The number of esters is 1. The molecule has 0 spiro atoms. The van der Waals surface area contributed by atoms with Crippen LogP contribution in [-0.4, -0.2) is 41.5 Å². The first kappa shape index (κ1) is 21.9. The highest BCUT2D eigenvalue weighted by molar-refractivity contribution is 5.86. The van der Waals surface area contributed by atoms with E-state index < -0.39 is 5.97 Å². The van der Waals surface area contributed by atoms with Gasteiger partial charge in [-0.05, 0) is 30.7 Å². The summed E-state index contributed by atoms with van der Waals surface area (Å²) in [4.78, 5) is 11.2. The first-order valence-corrected chi connectivity index (χ1v) is 8.84. The number of rotatable bonds is 9. The average molecular weight is 402 g/mol. The summed E-state index contributed by atoms with van der Waals surface area (Å²) < 4.78 is 32.5. The summed E-state index contributed by atoms with van der Waals surface area (Å²) in [6.07, 6.45) is 3.03. The van der Waals surface area contributed by atoms with E-state index in [1.807, 2.05) is 31.2 Å². The van der Waals surface area contributed by atoms with Gasteiger partial charge in [0.1, 0.15) is 12.4 Å². The predicted octanol–water partition coefficient (Wildman–Crippen LogP) is 3.79. The van der Waals surface area contributed by atoms with Crippen molar-refractivity contribution in [3.05, 3.63) is 47.0 Å². The van der Waals surface area contributed by atoms with Gasteiger partial charge >= 0.3 is 5.97 Å². The number of carbonyl (C=O) groups excluding carboxylic acids is 1. The molecule has 0 heterocycles. The average Bonchev–Trinajstić information content (AvgIpc) is 2.76. The van der Waals surface area contributed by atoms with Crippen molar-refractivity contribution in [2.45, 2.75) is 13.5 Å². The van der Waals surface area contributed by atoms with Gasteiger partial charge in [0.05, 0.1) is 35.5 Å². The van der Waals surface area contributed by atoms with E-state index in [9.17, 15) is 4.79 Å². The standard InChI is InChI=1S/C22H26O7/c1-14-17(20(26-4)22(28-6)21(27-5)19(14)25-3)13-29-16-10-7-15(8-11-16)9-12-18(23)24-2/h7-12H,13H2,1-6H3.